The minimum absolute atomic E-state index is 0.133. The van der Waals surface area contributed by atoms with Crippen LogP contribution < -0.4 is 10.6 Å². The summed E-state index contributed by atoms with van der Waals surface area (Å²) in [6, 6.07) is 7.98. The standard InChI is InChI=1S/C14H22N2/c1-9(2)16-10(3)7-13-8-12(11(4)15)5-6-14(13)16/h5-6,8-11H,7,15H2,1-4H3. The summed E-state index contributed by atoms with van der Waals surface area (Å²) < 4.78 is 0. The van der Waals surface area contributed by atoms with Crippen LogP contribution in [-0.4, -0.2) is 12.1 Å². The maximum absolute atomic E-state index is 5.92. The third kappa shape index (κ3) is 1.82. The third-order valence-electron chi connectivity index (χ3n) is 3.45. The van der Waals surface area contributed by atoms with Crippen molar-refractivity contribution in [3.8, 4) is 0 Å². The number of nitrogens with two attached hydrogens (primary N) is 1. The second-order valence-corrected chi connectivity index (χ2v) is 5.23. The van der Waals surface area contributed by atoms with Crippen LogP contribution in [0.25, 0.3) is 0 Å². The van der Waals surface area contributed by atoms with Crippen molar-refractivity contribution >= 4 is 5.69 Å². The molecule has 1 aromatic carbocycles. The Morgan fingerprint density at radius 3 is 2.56 bits per heavy atom. The predicted molar refractivity (Wildman–Crippen MR) is 69.8 cm³/mol. The zero-order chi connectivity index (χ0) is 11.9. The first-order valence-corrected chi connectivity index (χ1v) is 6.17. The molecule has 2 nitrogen and oxygen atoms in total. The molecule has 2 rings (SSSR count). The lowest BCUT2D eigenvalue weighted by molar-refractivity contribution is 0.606. The fraction of sp³-hybridized carbons (Fsp3) is 0.571. The van der Waals surface area contributed by atoms with E-state index in [2.05, 4.69) is 43.9 Å². The van der Waals surface area contributed by atoms with Gasteiger partial charge in [0, 0.05) is 23.8 Å². The van der Waals surface area contributed by atoms with E-state index in [1.165, 1.54) is 16.8 Å². The van der Waals surface area contributed by atoms with Crippen LogP contribution in [0.2, 0.25) is 0 Å². The largest absolute Gasteiger partial charge is 0.366 e. The maximum atomic E-state index is 5.92. The summed E-state index contributed by atoms with van der Waals surface area (Å²) in [5.41, 5.74) is 10.0. The maximum Gasteiger partial charge on any atom is 0.0404 e. The van der Waals surface area contributed by atoms with Crippen LogP contribution in [0.15, 0.2) is 18.2 Å². The molecule has 0 amide bonds. The van der Waals surface area contributed by atoms with Gasteiger partial charge in [0.05, 0.1) is 0 Å². The van der Waals surface area contributed by atoms with Crippen LogP contribution >= 0.6 is 0 Å². The van der Waals surface area contributed by atoms with Gasteiger partial charge in [-0.15, -0.1) is 0 Å². The highest BCUT2D eigenvalue weighted by Crippen LogP contribution is 2.35. The molecule has 0 saturated heterocycles. The average molecular weight is 218 g/mol. The second-order valence-electron chi connectivity index (χ2n) is 5.23. The van der Waals surface area contributed by atoms with Crippen LogP contribution in [-0.2, 0) is 6.42 Å². The number of hydrogen-bond donors (Lipinski definition) is 1. The van der Waals surface area contributed by atoms with Crippen molar-refractivity contribution < 1.29 is 0 Å². The quantitative estimate of drug-likeness (QED) is 0.827. The normalized spacial score (nSPS) is 21.4. The molecule has 2 heteroatoms. The molecule has 2 N–H and O–H groups in total. The minimum Gasteiger partial charge on any atom is -0.366 e. The molecule has 2 atom stereocenters. The van der Waals surface area contributed by atoms with Crippen LogP contribution in [0, 0.1) is 0 Å². The van der Waals surface area contributed by atoms with Gasteiger partial charge in [0.25, 0.3) is 0 Å². The number of nitrogens with zero attached hydrogens (tertiary/aromatic N) is 1. The molecular weight excluding hydrogens is 196 g/mol. The van der Waals surface area contributed by atoms with Crippen molar-refractivity contribution in [2.45, 2.75) is 52.2 Å². The molecule has 1 heterocycles. The van der Waals surface area contributed by atoms with Gasteiger partial charge in [0.15, 0.2) is 0 Å². The van der Waals surface area contributed by atoms with Gasteiger partial charge in [-0.05, 0) is 51.3 Å². The highest BCUT2D eigenvalue weighted by molar-refractivity contribution is 5.61. The Labute approximate surface area is 98.4 Å². The molecule has 0 spiro atoms. The summed E-state index contributed by atoms with van der Waals surface area (Å²) >= 11 is 0. The van der Waals surface area contributed by atoms with Gasteiger partial charge in [0.1, 0.15) is 0 Å². The zero-order valence-electron chi connectivity index (χ0n) is 10.7. The van der Waals surface area contributed by atoms with E-state index in [0.29, 0.717) is 12.1 Å². The summed E-state index contributed by atoms with van der Waals surface area (Å²) in [5.74, 6) is 0. The predicted octanol–water partition coefficient (Wildman–Crippen LogP) is 2.87. The van der Waals surface area contributed by atoms with Crippen LogP contribution in [0.5, 0.6) is 0 Å². The molecule has 0 fully saturated rings. The Bertz CT molecular complexity index is 382. The summed E-state index contributed by atoms with van der Waals surface area (Å²) in [7, 11) is 0. The Morgan fingerprint density at radius 1 is 1.31 bits per heavy atom. The fourth-order valence-electron chi connectivity index (χ4n) is 2.75. The number of rotatable bonds is 2. The van der Waals surface area contributed by atoms with Crippen molar-refractivity contribution in [3.63, 3.8) is 0 Å². The van der Waals surface area contributed by atoms with Crippen LogP contribution in [0.4, 0.5) is 5.69 Å². The van der Waals surface area contributed by atoms with E-state index >= 15 is 0 Å². The molecule has 0 saturated carbocycles. The van der Waals surface area contributed by atoms with E-state index in [-0.39, 0.29) is 6.04 Å². The number of benzene rings is 1. The van der Waals surface area contributed by atoms with Crippen LogP contribution in [0.1, 0.15) is 44.9 Å². The Morgan fingerprint density at radius 2 is 2.00 bits per heavy atom. The molecule has 16 heavy (non-hydrogen) atoms. The van der Waals surface area contributed by atoms with Gasteiger partial charge in [-0.1, -0.05) is 12.1 Å². The van der Waals surface area contributed by atoms with E-state index in [1.807, 2.05) is 6.92 Å². The molecule has 1 aliphatic heterocycles. The lowest BCUT2D eigenvalue weighted by Crippen LogP contribution is -2.35. The number of fused-ring (bicyclic) bond motifs is 1. The highest BCUT2D eigenvalue weighted by atomic mass is 15.2. The summed E-state index contributed by atoms with van der Waals surface area (Å²) in [6.45, 7) is 8.85. The van der Waals surface area contributed by atoms with Crippen molar-refractivity contribution in [1.29, 1.82) is 0 Å². The van der Waals surface area contributed by atoms with Gasteiger partial charge < -0.3 is 10.6 Å². The number of anilines is 1. The summed E-state index contributed by atoms with van der Waals surface area (Å²) in [6.07, 6.45) is 1.15. The van der Waals surface area contributed by atoms with Crippen molar-refractivity contribution in [2.24, 2.45) is 5.73 Å². The lowest BCUT2D eigenvalue weighted by Gasteiger charge is -2.29. The summed E-state index contributed by atoms with van der Waals surface area (Å²) in [4.78, 5) is 2.50. The zero-order valence-corrected chi connectivity index (χ0v) is 10.7. The van der Waals surface area contributed by atoms with Crippen LogP contribution in [0.3, 0.4) is 0 Å². The van der Waals surface area contributed by atoms with Gasteiger partial charge >= 0.3 is 0 Å². The Balaban J connectivity index is 2.38. The molecular formula is C14H22N2. The third-order valence-corrected chi connectivity index (χ3v) is 3.45. The first-order chi connectivity index (χ1) is 7.50. The Hall–Kier alpha value is -1.02. The first-order valence-electron chi connectivity index (χ1n) is 6.17. The van der Waals surface area contributed by atoms with E-state index in [4.69, 9.17) is 5.73 Å². The van der Waals surface area contributed by atoms with E-state index in [9.17, 15) is 0 Å². The monoisotopic (exact) mass is 218 g/mol. The van der Waals surface area contributed by atoms with Crippen molar-refractivity contribution in [1.82, 2.24) is 0 Å². The average Bonchev–Trinajstić information content (AvgIpc) is 2.51. The molecule has 0 bridgehead atoms. The second kappa shape index (κ2) is 4.10. The van der Waals surface area contributed by atoms with Crippen molar-refractivity contribution in [3.05, 3.63) is 29.3 Å². The smallest absolute Gasteiger partial charge is 0.0404 e. The van der Waals surface area contributed by atoms with Crippen molar-refractivity contribution in [2.75, 3.05) is 4.90 Å². The Kier molecular flexibility index (Phi) is 2.94. The molecule has 2 unspecified atom stereocenters. The van der Waals surface area contributed by atoms with E-state index in [0.717, 1.165) is 6.42 Å². The van der Waals surface area contributed by atoms with E-state index in [1.54, 1.807) is 0 Å². The van der Waals surface area contributed by atoms with Gasteiger partial charge in [-0.25, -0.2) is 0 Å². The summed E-state index contributed by atoms with van der Waals surface area (Å²) in [5, 5.41) is 0. The van der Waals surface area contributed by atoms with Gasteiger partial charge in [-0.2, -0.15) is 0 Å². The van der Waals surface area contributed by atoms with Gasteiger partial charge in [-0.3, -0.25) is 0 Å². The number of hydrogen-bond acceptors (Lipinski definition) is 2. The molecule has 0 radical (unpaired) electrons. The van der Waals surface area contributed by atoms with Gasteiger partial charge in [0.2, 0.25) is 0 Å². The first kappa shape index (κ1) is 11.5. The fourth-order valence-corrected chi connectivity index (χ4v) is 2.75. The van der Waals surface area contributed by atoms with E-state index < -0.39 is 0 Å². The molecule has 1 aromatic rings. The molecule has 1 aliphatic rings. The molecule has 88 valence electrons. The topological polar surface area (TPSA) is 29.3 Å². The highest BCUT2D eigenvalue weighted by Gasteiger charge is 2.27. The SMILES string of the molecule is CC(N)c1ccc2c(c1)CC(C)N2C(C)C. The minimum atomic E-state index is 0.133. The molecule has 0 aliphatic carbocycles. The molecule has 0 aromatic heterocycles. The lowest BCUT2D eigenvalue weighted by atomic mass is 10.0.